The Hall–Kier alpha value is -2.13. The molecule has 5 rings (SSSR count). The number of ether oxygens (including phenoxy) is 2. The van der Waals surface area contributed by atoms with Crippen molar-refractivity contribution in [1.82, 2.24) is 14.1 Å². The van der Waals surface area contributed by atoms with Gasteiger partial charge in [0.15, 0.2) is 6.10 Å². The van der Waals surface area contributed by atoms with Crippen LogP contribution < -0.4 is 5.73 Å². The lowest BCUT2D eigenvalue weighted by molar-refractivity contribution is -0.269. The van der Waals surface area contributed by atoms with Gasteiger partial charge in [-0.1, -0.05) is 0 Å². The van der Waals surface area contributed by atoms with E-state index in [1.165, 1.54) is 11.1 Å². The Kier molecular flexibility index (Phi) is 5.71. The Bertz CT molecular complexity index is 1180. The van der Waals surface area contributed by atoms with Crippen molar-refractivity contribution in [3.63, 3.8) is 0 Å². The predicted octanol–water partition coefficient (Wildman–Crippen LogP) is 1.84. The van der Waals surface area contributed by atoms with E-state index in [0.29, 0.717) is 11.3 Å². The zero-order chi connectivity index (χ0) is 24.4. The van der Waals surface area contributed by atoms with Crippen molar-refractivity contribution in [3.05, 3.63) is 52.9 Å². The van der Waals surface area contributed by atoms with Crippen LogP contribution in [0.15, 0.2) is 24.4 Å². The first kappa shape index (κ1) is 23.6. The van der Waals surface area contributed by atoms with Gasteiger partial charge in [0, 0.05) is 42.5 Å². The number of hydrogen-bond donors (Lipinski definition) is 1. The summed E-state index contributed by atoms with van der Waals surface area (Å²) < 4.78 is 106. The summed E-state index contributed by atoms with van der Waals surface area (Å²) in [6, 6.07) is 0.206. The Morgan fingerprint density at radius 3 is 2.50 bits per heavy atom. The summed E-state index contributed by atoms with van der Waals surface area (Å²) in [6.07, 6.45) is -7.50. The van der Waals surface area contributed by atoms with E-state index in [1.54, 1.807) is 0 Å². The molecule has 3 aliphatic rings. The van der Waals surface area contributed by atoms with Gasteiger partial charge >= 0.3 is 6.18 Å². The maximum atomic E-state index is 14.2. The molecule has 0 unspecified atom stereocenters. The van der Waals surface area contributed by atoms with Crippen LogP contribution >= 0.6 is 0 Å². The van der Waals surface area contributed by atoms with Gasteiger partial charge in [0.1, 0.15) is 23.0 Å². The Labute approximate surface area is 191 Å². The van der Waals surface area contributed by atoms with Crippen molar-refractivity contribution in [2.24, 2.45) is 5.73 Å². The van der Waals surface area contributed by atoms with Crippen molar-refractivity contribution in [2.75, 3.05) is 13.2 Å². The smallest absolute Gasteiger partial charge is 0.378 e. The molecule has 0 amide bonds. The van der Waals surface area contributed by atoms with Crippen molar-refractivity contribution in [2.45, 2.75) is 55.2 Å². The van der Waals surface area contributed by atoms with E-state index in [0.717, 1.165) is 22.3 Å². The lowest BCUT2D eigenvalue weighted by Gasteiger charge is -2.44. The Morgan fingerprint density at radius 2 is 1.88 bits per heavy atom. The van der Waals surface area contributed by atoms with Crippen LogP contribution in [0.25, 0.3) is 0 Å². The predicted molar refractivity (Wildman–Crippen MR) is 107 cm³/mol. The fraction of sp³-hybridized carbons (Fsp3) is 0.550. The molecule has 0 radical (unpaired) electrons. The minimum absolute atomic E-state index is 0.0122. The molecule has 0 saturated carbocycles. The maximum absolute atomic E-state index is 14.2. The number of nitrogens with two attached hydrogens (primary N) is 1. The highest BCUT2D eigenvalue weighted by molar-refractivity contribution is 7.90. The van der Waals surface area contributed by atoms with E-state index in [-0.39, 0.29) is 38.3 Å². The topological polar surface area (TPSA) is 99.7 Å². The molecule has 0 bridgehead atoms. The third kappa shape index (κ3) is 4.00. The Balaban J connectivity index is 1.37. The third-order valence-corrected chi connectivity index (χ3v) is 8.30. The van der Waals surface area contributed by atoms with E-state index >= 15 is 0 Å². The van der Waals surface area contributed by atoms with Gasteiger partial charge in [-0.3, -0.25) is 4.90 Å². The zero-order valence-corrected chi connectivity index (χ0v) is 18.4. The maximum Gasteiger partial charge on any atom is 0.416 e. The van der Waals surface area contributed by atoms with E-state index < -0.39 is 57.4 Å². The van der Waals surface area contributed by atoms with E-state index in [1.807, 2.05) is 0 Å². The number of benzene rings is 1. The summed E-state index contributed by atoms with van der Waals surface area (Å²) >= 11 is 0. The molecule has 14 heteroatoms. The molecule has 3 aliphatic heterocycles. The first-order valence-electron chi connectivity index (χ1n) is 10.5. The monoisotopic (exact) mass is 508 g/mol. The van der Waals surface area contributed by atoms with Gasteiger partial charge in [-0.25, -0.2) is 17.2 Å². The summed E-state index contributed by atoms with van der Waals surface area (Å²) in [5, 5.41) is 3.38. The highest BCUT2D eigenvalue weighted by Crippen LogP contribution is 2.42. The second-order valence-electron chi connectivity index (χ2n) is 8.73. The second kappa shape index (κ2) is 8.22. The molecule has 2 saturated heterocycles. The van der Waals surface area contributed by atoms with Crippen LogP contribution in [0.3, 0.4) is 0 Å². The molecule has 8 nitrogen and oxygen atoms in total. The molecule has 1 aromatic carbocycles. The van der Waals surface area contributed by atoms with E-state index in [9.17, 15) is 30.4 Å². The van der Waals surface area contributed by atoms with Gasteiger partial charge in [-0.05, 0) is 24.6 Å². The first-order valence-corrected chi connectivity index (χ1v) is 12.0. The fourth-order valence-corrected chi connectivity index (χ4v) is 5.93. The molecule has 4 heterocycles. The average Bonchev–Trinajstić information content (AvgIpc) is 3.27. The van der Waals surface area contributed by atoms with Crippen LogP contribution in [-0.4, -0.2) is 65.3 Å². The second-order valence-corrected chi connectivity index (χ2v) is 10.8. The van der Waals surface area contributed by atoms with Crippen LogP contribution in [0.2, 0.25) is 0 Å². The van der Waals surface area contributed by atoms with Gasteiger partial charge in [0.05, 0.1) is 18.9 Å². The zero-order valence-electron chi connectivity index (χ0n) is 17.6. The number of halogens is 5. The number of aromatic nitrogens is 2. The summed E-state index contributed by atoms with van der Waals surface area (Å²) in [5.41, 5.74) is 6.55. The third-order valence-electron chi connectivity index (χ3n) is 6.47. The molecule has 1 aromatic heterocycles. The van der Waals surface area contributed by atoms with Crippen molar-refractivity contribution >= 4 is 10.0 Å². The minimum atomic E-state index is -4.81. The van der Waals surface area contributed by atoms with Crippen LogP contribution in [0.4, 0.5) is 22.0 Å². The van der Waals surface area contributed by atoms with Crippen LogP contribution in [0.5, 0.6) is 0 Å². The SMILES string of the molecule is N[C@H]1C[C@@H](N2Cc3cn(S(=O)(=O)C4COC4)nc3C2)[C@@H](C(F)(F)F)O[C@@H]1c1cc(F)ccc1F. The highest BCUT2D eigenvalue weighted by Gasteiger charge is 2.54. The quantitative estimate of drug-likeness (QED) is 0.630. The molecular formula is C20H21F5N4O4S. The van der Waals surface area contributed by atoms with Gasteiger partial charge in [0.25, 0.3) is 10.0 Å². The number of fused-ring (bicyclic) bond motifs is 1. The summed E-state index contributed by atoms with van der Waals surface area (Å²) in [6.45, 7) is 0.108. The van der Waals surface area contributed by atoms with Crippen molar-refractivity contribution in [3.8, 4) is 0 Å². The molecule has 0 spiro atoms. The summed E-state index contributed by atoms with van der Waals surface area (Å²) in [7, 11) is -3.74. The fourth-order valence-electron chi connectivity index (χ4n) is 4.60. The molecule has 2 fully saturated rings. The standard InChI is InChI=1S/C20H21F5N4O4S/c21-11-1-2-14(22)13(3-11)18-15(26)4-17(19(33-18)20(23,24)25)28-5-10-6-29(27-16(10)7-28)34(30,31)12-8-32-9-12/h1-3,6,12,15,17-19H,4-5,7-9,26H2/t15-,17+,18+,19-/m0/s1. The average molecular weight is 508 g/mol. The number of hydrogen-bond acceptors (Lipinski definition) is 7. The van der Waals surface area contributed by atoms with E-state index in [4.69, 9.17) is 15.2 Å². The number of rotatable bonds is 4. The molecule has 34 heavy (non-hydrogen) atoms. The lowest BCUT2D eigenvalue weighted by atomic mass is 9.89. The Morgan fingerprint density at radius 1 is 1.15 bits per heavy atom. The van der Waals surface area contributed by atoms with Crippen molar-refractivity contribution in [1.29, 1.82) is 0 Å². The molecule has 186 valence electrons. The summed E-state index contributed by atoms with van der Waals surface area (Å²) in [5.74, 6) is -1.72. The van der Waals surface area contributed by atoms with Gasteiger partial charge in [-0.2, -0.15) is 22.4 Å². The highest BCUT2D eigenvalue weighted by atomic mass is 32.2. The molecule has 2 aromatic rings. The molecule has 4 atom stereocenters. The minimum Gasteiger partial charge on any atom is -0.378 e. The molecule has 2 N–H and O–H groups in total. The van der Waals surface area contributed by atoms with E-state index in [2.05, 4.69) is 5.10 Å². The number of nitrogens with zero attached hydrogens (tertiary/aromatic N) is 3. The van der Waals surface area contributed by atoms with Crippen molar-refractivity contribution < 1.29 is 39.8 Å². The van der Waals surface area contributed by atoms with Gasteiger partial charge < -0.3 is 15.2 Å². The van der Waals surface area contributed by atoms with Gasteiger partial charge in [0.2, 0.25) is 0 Å². The lowest BCUT2D eigenvalue weighted by Crippen LogP contribution is -2.58. The normalized spacial score (nSPS) is 28.6. The summed E-state index contributed by atoms with van der Waals surface area (Å²) in [4.78, 5) is 1.47. The van der Waals surface area contributed by atoms with Crippen LogP contribution in [0.1, 0.15) is 29.3 Å². The van der Waals surface area contributed by atoms with Crippen LogP contribution in [-0.2, 0) is 32.6 Å². The molecule has 0 aliphatic carbocycles. The number of alkyl halides is 3. The van der Waals surface area contributed by atoms with Gasteiger partial charge in [-0.15, -0.1) is 0 Å². The first-order chi connectivity index (χ1) is 15.9. The molecular weight excluding hydrogens is 487 g/mol. The van der Waals surface area contributed by atoms with Crippen LogP contribution in [0, 0.1) is 11.6 Å². The largest absolute Gasteiger partial charge is 0.416 e.